The van der Waals surface area contributed by atoms with Gasteiger partial charge in [-0.05, 0) is 49.6 Å². The van der Waals surface area contributed by atoms with Gasteiger partial charge in [-0.1, -0.05) is 19.4 Å². The minimum absolute atomic E-state index is 0.164. The van der Waals surface area contributed by atoms with Gasteiger partial charge in [0.15, 0.2) is 0 Å². The third-order valence-corrected chi connectivity index (χ3v) is 5.64. The Morgan fingerprint density at radius 1 is 1.36 bits per heavy atom. The smallest absolute Gasteiger partial charge is 0.258 e. The summed E-state index contributed by atoms with van der Waals surface area (Å²) in [5.74, 6) is -0.164. The van der Waals surface area contributed by atoms with E-state index in [0.29, 0.717) is 11.6 Å². The lowest BCUT2D eigenvalue weighted by molar-refractivity contribution is 0.102. The predicted molar refractivity (Wildman–Crippen MR) is 113 cm³/mol. The molecule has 0 bridgehead atoms. The minimum atomic E-state index is -0.164. The molecule has 0 saturated carbocycles. The summed E-state index contributed by atoms with van der Waals surface area (Å²) in [6.07, 6.45) is 10.9. The average Bonchev–Trinajstić information content (AvgIpc) is 3.38. The molecule has 146 valence electrons. The lowest BCUT2D eigenvalue weighted by Crippen LogP contribution is -2.36. The van der Waals surface area contributed by atoms with Crippen molar-refractivity contribution in [3.63, 3.8) is 0 Å². The van der Waals surface area contributed by atoms with E-state index in [9.17, 15) is 4.79 Å². The van der Waals surface area contributed by atoms with Crippen LogP contribution in [0.25, 0.3) is 16.5 Å². The zero-order chi connectivity index (χ0) is 19.5. The molecule has 0 spiro atoms. The Morgan fingerprint density at radius 3 is 2.96 bits per heavy atom. The molecule has 1 atom stereocenters. The SMILES string of the molecule is CCCC(C)N1CC=C(c2c[nH]c3ccc(NC(=O)c4ccoc4)cc23)CC1. The molecule has 28 heavy (non-hydrogen) atoms. The molecule has 1 amide bonds. The van der Waals surface area contributed by atoms with Crippen LogP contribution in [0, 0.1) is 0 Å². The molecule has 0 fully saturated rings. The molecule has 0 radical (unpaired) electrons. The third-order valence-electron chi connectivity index (χ3n) is 5.64. The number of hydrogen-bond donors (Lipinski definition) is 2. The summed E-state index contributed by atoms with van der Waals surface area (Å²) in [6.45, 7) is 6.66. The zero-order valence-electron chi connectivity index (χ0n) is 16.5. The van der Waals surface area contributed by atoms with Gasteiger partial charge in [0.25, 0.3) is 5.91 Å². The van der Waals surface area contributed by atoms with Crippen molar-refractivity contribution in [1.82, 2.24) is 9.88 Å². The Morgan fingerprint density at radius 2 is 2.25 bits per heavy atom. The number of anilines is 1. The number of amides is 1. The number of nitrogens with zero attached hydrogens (tertiary/aromatic N) is 1. The van der Waals surface area contributed by atoms with Crippen LogP contribution in [0.3, 0.4) is 0 Å². The molecule has 3 aromatic rings. The van der Waals surface area contributed by atoms with Crippen molar-refractivity contribution < 1.29 is 9.21 Å². The first-order valence-electron chi connectivity index (χ1n) is 10.0. The number of furan rings is 1. The Hall–Kier alpha value is -2.79. The molecule has 0 saturated heterocycles. The van der Waals surface area contributed by atoms with Crippen molar-refractivity contribution >= 4 is 28.1 Å². The van der Waals surface area contributed by atoms with E-state index in [-0.39, 0.29) is 5.91 Å². The van der Waals surface area contributed by atoms with Crippen LogP contribution in [-0.2, 0) is 0 Å². The molecule has 1 aromatic carbocycles. The molecule has 1 aliphatic rings. The second-order valence-electron chi connectivity index (χ2n) is 7.54. The summed E-state index contributed by atoms with van der Waals surface area (Å²) in [5, 5.41) is 4.10. The summed E-state index contributed by atoms with van der Waals surface area (Å²) in [4.78, 5) is 18.2. The van der Waals surface area contributed by atoms with E-state index in [0.717, 1.165) is 36.1 Å². The fourth-order valence-electron chi connectivity index (χ4n) is 3.99. The number of aromatic amines is 1. The second kappa shape index (κ2) is 8.07. The van der Waals surface area contributed by atoms with Gasteiger partial charge in [-0.2, -0.15) is 0 Å². The molecule has 2 N–H and O–H groups in total. The van der Waals surface area contributed by atoms with Gasteiger partial charge in [-0.25, -0.2) is 0 Å². The van der Waals surface area contributed by atoms with E-state index in [1.807, 2.05) is 18.2 Å². The topological polar surface area (TPSA) is 61.3 Å². The standard InChI is InChI=1S/C23H27N3O2/c1-3-4-16(2)26-10-7-17(8-11-26)21-14-24-22-6-5-19(13-20(21)22)25-23(27)18-9-12-28-15-18/h5-7,9,12-16,24H,3-4,8,10-11H2,1-2H3,(H,25,27). The number of fused-ring (bicyclic) bond motifs is 1. The van der Waals surface area contributed by atoms with Crippen LogP contribution in [0.2, 0.25) is 0 Å². The lowest BCUT2D eigenvalue weighted by atomic mass is 9.97. The highest BCUT2D eigenvalue weighted by atomic mass is 16.3. The summed E-state index contributed by atoms with van der Waals surface area (Å²) in [7, 11) is 0. The van der Waals surface area contributed by atoms with Crippen LogP contribution in [0.4, 0.5) is 5.69 Å². The molecule has 0 aliphatic carbocycles. The number of nitrogens with one attached hydrogen (secondary N) is 2. The first kappa shape index (κ1) is 18.6. The van der Waals surface area contributed by atoms with Crippen molar-refractivity contribution in [2.75, 3.05) is 18.4 Å². The van der Waals surface area contributed by atoms with Crippen molar-refractivity contribution in [3.8, 4) is 0 Å². The number of hydrogen-bond acceptors (Lipinski definition) is 3. The average molecular weight is 377 g/mol. The van der Waals surface area contributed by atoms with Crippen LogP contribution in [-0.4, -0.2) is 34.9 Å². The van der Waals surface area contributed by atoms with E-state index in [4.69, 9.17) is 4.42 Å². The van der Waals surface area contributed by atoms with Gasteiger partial charge in [0.1, 0.15) is 6.26 Å². The lowest BCUT2D eigenvalue weighted by Gasteiger charge is -2.31. The van der Waals surface area contributed by atoms with Gasteiger partial charge >= 0.3 is 0 Å². The van der Waals surface area contributed by atoms with E-state index in [1.54, 1.807) is 6.07 Å². The fraction of sp³-hybridized carbons (Fsp3) is 0.348. The number of benzene rings is 1. The first-order chi connectivity index (χ1) is 13.7. The van der Waals surface area contributed by atoms with E-state index < -0.39 is 0 Å². The normalized spacial score (nSPS) is 16.1. The predicted octanol–water partition coefficient (Wildman–Crippen LogP) is 5.29. The third kappa shape index (κ3) is 3.76. The van der Waals surface area contributed by atoms with Crippen LogP contribution in [0.5, 0.6) is 0 Å². The van der Waals surface area contributed by atoms with Gasteiger partial charge in [0, 0.05) is 47.5 Å². The number of carbonyl (C=O) groups is 1. The molecule has 1 aliphatic heterocycles. The molecule has 3 heterocycles. The highest BCUT2D eigenvalue weighted by Crippen LogP contribution is 2.31. The summed E-state index contributed by atoms with van der Waals surface area (Å²) in [5.41, 5.74) is 5.00. The number of carbonyl (C=O) groups excluding carboxylic acids is 1. The van der Waals surface area contributed by atoms with E-state index in [2.05, 4.69) is 41.3 Å². The molecule has 2 aromatic heterocycles. The van der Waals surface area contributed by atoms with Crippen LogP contribution < -0.4 is 5.32 Å². The van der Waals surface area contributed by atoms with Crippen LogP contribution >= 0.6 is 0 Å². The Balaban J connectivity index is 1.54. The molecule has 5 nitrogen and oxygen atoms in total. The van der Waals surface area contributed by atoms with Crippen LogP contribution in [0.15, 0.2) is 53.5 Å². The van der Waals surface area contributed by atoms with Crippen LogP contribution in [0.1, 0.15) is 49.0 Å². The van der Waals surface area contributed by atoms with Crippen molar-refractivity contribution in [1.29, 1.82) is 0 Å². The van der Waals surface area contributed by atoms with E-state index in [1.165, 1.54) is 36.5 Å². The maximum Gasteiger partial charge on any atom is 0.258 e. The van der Waals surface area contributed by atoms with Gasteiger partial charge < -0.3 is 14.7 Å². The highest BCUT2D eigenvalue weighted by molar-refractivity contribution is 6.05. The van der Waals surface area contributed by atoms with Gasteiger partial charge in [-0.15, -0.1) is 0 Å². The molecule has 4 rings (SSSR count). The molecule has 5 heteroatoms. The van der Waals surface area contributed by atoms with Crippen molar-refractivity contribution in [2.45, 2.75) is 39.2 Å². The number of H-pyrrole nitrogens is 1. The highest BCUT2D eigenvalue weighted by Gasteiger charge is 2.19. The fourth-order valence-corrected chi connectivity index (χ4v) is 3.99. The largest absolute Gasteiger partial charge is 0.472 e. The Labute approximate surface area is 165 Å². The molecule has 1 unspecified atom stereocenters. The summed E-state index contributed by atoms with van der Waals surface area (Å²) >= 11 is 0. The maximum atomic E-state index is 12.3. The van der Waals surface area contributed by atoms with Crippen molar-refractivity contribution in [2.24, 2.45) is 0 Å². The molecular formula is C23H27N3O2. The van der Waals surface area contributed by atoms with E-state index >= 15 is 0 Å². The zero-order valence-corrected chi connectivity index (χ0v) is 16.5. The molecular weight excluding hydrogens is 350 g/mol. The quantitative estimate of drug-likeness (QED) is 0.613. The van der Waals surface area contributed by atoms with Gasteiger partial charge in [0.2, 0.25) is 0 Å². The monoisotopic (exact) mass is 377 g/mol. The van der Waals surface area contributed by atoms with Crippen molar-refractivity contribution in [3.05, 3.63) is 60.2 Å². The number of aromatic nitrogens is 1. The summed E-state index contributed by atoms with van der Waals surface area (Å²) < 4.78 is 4.99. The maximum absolute atomic E-state index is 12.3. The first-order valence-corrected chi connectivity index (χ1v) is 10.0. The van der Waals surface area contributed by atoms with Gasteiger partial charge in [0.05, 0.1) is 11.8 Å². The second-order valence-corrected chi connectivity index (χ2v) is 7.54. The number of rotatable bonds is 6. The minimum Gasteiger partial charge on any atom is -0.472 e. The Kier molecular flexibility index (Phi) is 5.35. The van der Waals surface area contributed by atoms with Gasteiger partial charge in [-0.3, -0.25) is 9.69 Å². The summed E-state index contributed by atoms with van der Waals surface area (Å²) in [6, 6.07) is 8.28. The Bertz CT molecular complexity index is 985.